The van der Waals surface area contributed by atoms with Crippen LogP contribution in [-0.2, 0) is 11.2 Å². The van der Waals surface area contributed by atoms with Crippen LogP contribution in [0.1, 0.15) is 5.56 Å². The monoisotopic (exact) mass is 390 g/mol. The quantitative estimate of drug-likeness (QED) is 0.600. The Bertz CT molecular complexity index is 866. The van der Waals surface area contributed by atoms with Crippen LogP contribution < -0.4 is 5.32 Å². The van der Waals surface area contributed by atoms with Gasteiger partial charge in [-0.05, 0) is 48.4 Å². The maximum atomic E-state index is 12.9. The molecule has 0 bridgehead atoms. The third kappa shape index (κ3) is 5.34. The number of benzene rings is 2. The summed E-state index contributed by atoms with van der Waals surface area (Å²) in [6.45, 7) is 0.549. The highest BCUT2D eigenvalue weighted by Gasteiger charge is 2.09. The Morgan fingerprint density at radius 2 is 1.88 bits per heavy atom. The second-order valence-corrected chi connectivity index (χ2v) is 6.88. The fraction of sp³-hybridized carbons (Fsp3) is 0.158. The molecule has 0 unspecified atom stereocenters. The molecule has 0 aliphatic carbocycles. The number of oxazole rings is 1. The highest BCUT2D eigenvalue weighted by Crippen LogP contribution is 2.25. The van der Waals surface area contributed by atoms with E-state index in [0.717, 1.165) is 17.5 Å². The van der Waals surface area contributed by atoms with Crippen molar-refractivity contribution in [1.29, 1.82) is 0 Å². The predicted octanol–water partition coefficient (Wildman–Crippen LogP) is 4.59. The van der Waals surface area contributed by atoms with Crippen LogP contribution in [0, 0.1) is 5.82 Å². The van der Waals surface area contributed by atoms with Gasteiger partial charge in [0.15, 0.2) is 5.76 Å². The number of hydrogen-bond donors (Lipinski definition) is 1. The lowest BCUT2D eigenvalue weighted by atomic mass is 10.1. The molecular weight excluding hydrogens is 375 g/mol. The first-order valence-electron chi connectivity index (χ1n) is 7.96. The van der Waals surface area contributed by atoms with Crippen LogP contribution in [0.4, 0.5) is 4.39 Å². The van der Waals surface area contributed by atoms with Crippen LogP contribution in [0.2, 0.25) is 5.02 Å². The molecule has 0 aliphatic heterocycles. The Balaban J connectivity index is 1.43. The molecule has 0 spiro atoms. The molecule has 2 aromatic carbocycles. The summed E-state index contributed by atoms with van der Waals surface area (Å²) in [6, 6.07) is 13.5. The topological polar surface area (TPSA) is 55.1 Å². The van der Waals surface area contributed by atoms with Crippen LogP contribution in [-0.4, -0.2) is 23.2 Å². The van der Waals surface area contributed by atoms with Crippen LogP contribution in [0.5, 0.6) is 0 Å². The third-order valence-corrected chi connectivity index (χ3v) is 4.68. The predicted molar refractivity (Wildman–Crippen MR) is 101 cm³/mol. The fourth-order valence-electron chi connectivity index (χ4n) is 2.25. The zero-order chi connectivity index (χ0) is 18.4. The van der Waals surface area contributed by atoms with Crippen molar-refractivity contribution >= 4 is 29.3 Å². The van der Waals surface area contributed by atoms with Crippen molar-refractivity contribution in [3.05, 3.63) is 71.1 Å². The second kappa shape index (κ2) is 8.87. The fourth-order valence-corrected chi connectivity index (χ4v) is 3.01. The molecule has 0 aliphatic rings. The maximum absolute atomic E-state index is 12.9. The van der Waals surface area contributed by atoms with Crippen LogP contribution in [0.15, 0.2) is 64.4 Å². The molecule has 0 radical (unpaired) electrons. The first kappa shape index (κ1) is 18.5. The van der Waals surface area contributed by atoms with Crippen molar-refractivity contribution < 1.29 is 13.6 Å². The van der Waals surface area contributed by atoms with E-state index in [0.29, 0.717) is 22.6 Å². The van der Waals surface area contributed by atoms with Gasteiger partial charge in [0.05, 0.1) is 11.9 Å². The molecule has 134 valence electrons. The van der Waals surface area contributed by atoms with E-state index in [-0.39, 0.29) is 17.5 Å². The average Bonchev–Trinajstić information content (AvgIpc) is 3.11. The van der Waals surface area contributed by atoms with E-state index >= 15 is 0 Å². The number of thioether (sulfide) groups is 1. The Kier molecular flexibility index (Phi) is 6.30. The van der Waals surface area contributed by atoms with E-state index in [1.165, 1.54) is 23.9 Å². The Morgan fingerprint density at radius 3 is 2.62 bits per heavy atom. The number of carbonyl (C=O) groups excluding carboxylic acids is 1. The van der Waals surface area contributed by atoms with Crippen molar-refractivity contribution in [1.82, 2.24) is 10.3 Å². The summed E-state index contributed by atoms with van der Waals surface area (Å²) in [5.41, 5.74) is 1.84. The summed E-state index contributed by atoms with van der Waals surface area (Å²) in [4.78, 5) is 16.0. The lowest BCUT2D eigenvalue weighted by Gasteiger charge is -2.04. The number of amides is 1. The lowest BCUT2D eigenvalue weighted by molar-refractivity contribution is -0.118. The molecule has 1 amide bonds. The molecule has 0 saturated heterocycles. The molecule has 1 aromatic heterocycles. The van der Waals surface area contributed by atoms with E-state index in [1.807, 2.05) is 24.3 Å². The van der Waals surface area contributed by atoms with Crippen molar-refractivity contribution in [2.24, 2.45) is 0 Å². The Hall–Kier alpha value is -2.31. The number of aromatic nitrogens is 1. The summed E-state index contributed by atoms with van der Waals surface area (Å²) in [6.07, 6.45) is 2.30. The van der Waals surface area contributed by atoms with Crippen LogP contribution in [0.3, 0.4) is 0 Å². The van der Waals surface area contributed by atoms with E-state index in [9.17, 15) is 9.18 Å². The highest BCUT2D eigenvalue weighted by molar-refractivity contribution is 7.99. The molecule has 1 heterocycles. The molecule has 7 heteroatoms. The van der Waals surface area contributed by atoms with Gasteiger partial charge in [0, 0.05) is 17.1 Å². The van der Waals surface area contributed by atoms with Gasteiger partial charge in [-0.1, -0.05) is 35.5 Å². The molecule has 0 saturated carbocycles. The zero-order valence-corrected chi connectivity index (χ0v) is 15.3. The third-order valence-electron chi connectivity index (χ3n) is 3.59. The molecule has 1 N–H and O–H groups in total. The average molecular weight is 391 g/mol. The zero-order valence-electron chi connectivity index (χ0n) is 13.7. The number of carbonyl (C=O) groups is 1. The van der Waals surface area contributed by atoms with E-state index in [4.69, 9.17) is 16.0 Å². The molecule has 0 atom stereocenters. The van der Waals surface area contributed by atoms with E-state index in [2.05, 4.69) is 10.3 Å². The van der Waals surface area contributed by atoms with Crippen molar-refractivity contribution in [3.63, 3.8) is 0 Å². The van der Waals surface area contributed by atoms with Gasteiger partial charge in [-0.25, -0.2) is 9.37 Å². The molecule has 3 aromatic rings. The van der Waals surface area contributed by atoms with Crippen LogP contribution in [0.25, 0.3) is 11.3 Å². The molecule has 26 heavy (non-hydrogen) atoms. The standard InChI is InChI=1S/C19H16ClFN2O2S/c20-15-5-1-13(2-6-15)9-10-22-18(24)12-26-19-23-11-17(25-19)14-3-7-16(21)8-4-14/h1-8,11H,9-10,12H2,(H,22,24). The van der Waals surface area contributed by atoms with Gasteiger partial charge in [0.1, 0.15) is 5.82 Å². The van der Waals surface area contributed by atoms with E-state index in [1.54, 1.807) is 18.3 Å². The van der Waals surface area contributed by atoms with Gasteiger partial charge < -0.3 is 9.73 Å². The summed E-state index contributed by atoms with van der Waals surface area (Å²) in [5, 5.41) is 3.95. The maximum Gasteiger partial charge on any atom is 0.256 e. The molecular formula is C19H16ClFN2O2S. The number of rotatable bonds is 7. The van der Waals surface area contributed by atoms with Gasteiger partial charge in [-0.3, -0.25) is 4.79 Å². The Morgan fingerprint density at radius 1 is 1.15 bits per heavy atom. The minimum atomic E-state index is -0.307. The Labute approximate surface area is 159 Å². The summed E-state index contributed by atoms with van der Waals surface area (Å²) in [7, 11) is 0. The number of hydrogen-bond acceptors (Lipinski definition) is 4. The largest absolute Gasteiger partial charge is 0.431 e. The lowest BCUT2D eigenvalue weighted by Crippen LogP contribution is -2.27. The van der Waals surface area contributed by atoms with Crippen molar-refractivity contribution in [2.75, 3.05) is 12.3 Å². The second-order valence-electron chi connectivity index (χ2n) is 5.51. The smallest absolute Gasteiger partial charge is 0.256 e. The number of nitrogens with zero attached hydrogens (tertiary/aromatic N) is 1. The van der Waals surface area contributed by atoms with Crippen molar-refractivity contribution in [2.45, 2.75) is 11.6 Å². The number of halogens is 2. The first-order valence-corrected chi connectivity index (χ1v) is 9.32. The number of nitrogens with one attached hydrogen (secondary N) is 1. The SMILES string of the molecule is O=C(CSc1ncc(-c2ccc(F)cc2)o1)NCCc1ccc(Cl)cc1. The highest BCUT2D eigenvalue weighted by atomic mass is 35.5. The summed E-state index contributed by atoms with van der Waals surface area (Å²) < 4.78 is 18.5. The summed E-state index contributed by atoms with van der Waals surface area (Å²) in [5.74, 6) is 0.351. The normalized spacial score (nSPS) is 10.7. The van der Waals surface area contributed by atoms with Gasteiger partial charge in [0.2, 0.25) is 5.91 Å². The van der Waals surface area contributed by atoms with Gasteiger partial charge in [-0.2, -0.15) is 0 Å². The minimum absolute atomic E-state index is 0.0921. The summed E-state index contributed by atoms with van der Waals surface area (Å²) >= 11 is 7.05. The minimum Gasteiger partial charge on any atom is -0.431 e. The molecule has 4 nitrogen and oxygen atoms in total. The van der Waals surface area contributed by atoms with Crippen LogP contribution >= 0.6 is 23.4 Å². The molecule has 3 rings (SSSR count). The molecule has 0 fully saturated rings. The van der Waals surface area contributed by atoms with Gasteiger partial charge in [-0.15, -0.1) is 0 Å². The van der Waals surface area contributed by atoms with E-state index < -0.39 is 0 Å². The van der Waals surface area contributed by atoms with Crippen molar-refractivity contribution in [3.8, 4) is 11.3 Å². The van der Waals surface area contributed by atoms with Gasteiger partial charge in [0.25, 0.3) is 5.22 Å². The van der Waals surface area contributed by atoms with Gasteiger partial charge >= 0.3 is 0 Å². The first-order chi connectivity index (χ1) is 12.6.